The minimum absolute atomic E-state index is 0.114. The summed E-state index contributed by atoms with van der Waals surface area (Å²) in [5.41, 5.74) is 5.57. The van der Waals surface area contributed by atoms with Crippen LogP contribution >= 0.6 is 0 Å². The van der Waals surface area contributed by atoms with Crippen molar-refractivity contribution in [2.45, 2.75) is 52.6 Å². The maximum absolute atomic E-state index is 12.0. The Morgan fingerprint density at radius 1 is 1.37 bits per heavy atom. The van der Waals surface area contributed by atoms with E-state index in [1.54, 1.807) is 6.92 Å². The number of unbranched alkanes of at least 4 members (excludes halogenated alkanes) is 1. The third-order valence-corrected chi connectivity index (χ3v) is 5.16. The van der Waals surface area contributed by atoms with Gasteiger partial charge in [0.15, 0.2) is 0 Å². The summed E-state index contributed by atoms with van der Waals surface area (Å²) < 4.78 is 0. The number of carbonyl (C=O) groups is 1. The Morgan fingerprint density at radius 3 is 2.85 bits per heavy atom. The summed E-state index contributed by atoms with van der Waals surface area (Å²) in [5.74, 6) is 0.114. The van der Waals surface area contributed by atoms with Gasteiger partial charge >= 0.3 is 0 Å². The summed E-state index contributed by atoms with van der Waals surface area (Å²) >= 11 is 0. The molecule has 0 atom stereocenters. The first-order chi connectivity index (χ1) is 13.0. The molecule has 1 aromatic carbocycles. The zero-order chi connectivity index (χ0) is 19.4. The van der Waals surface area contributed by atoms with E-state index in [1.807, 2.05) is 23.1 Å². The number of pyridine rings is 1. The molecule has 0 saturated carbocycles. The van der Waals surface area contributed by atoms with E-state index in [4.69, 9.17) is 10.1 Å². The van der Waals surface area contributed by atoms with Gasteiger partial charge in [-0.1, -0.05) is 24.3 Å². The topological polar surface area (TPSA) is 65.5 Å². The van der Waals surface area contributed by atoms with Gasteiger partial charge in [0.05, 0.1) is 16.9 Å². The molecule has 1 aliphatic rings. The van der Waals surface area contributed by atoms with Crippen molar-refractivity contribution in [3.05, 3.63) is 47.2 Å². The Balaban J connectivity index is 1.99. The number of nitrogens with zero attached hydrogens (tertiary/aromatic N) is 2. The number of amides is 1. The first-order valence-corrected chi connectivity index (χ1v) is 9.76. The van der Waals surface area contributed by atoms with Gasteiger partial charge in [-0.2, -0.15) is 0 Å². The average molecular weight is 367 g/mol. The van der Waals surface area contributed by atoms with E-state index in [9.17, 15) is 4.79 Å². The molecule has 0 saturated heterocycles. The van der Waals surface area contributed by atoms with E-state index < -0.39 is 0 Å². The molecule has 2 N–H and O–H groups in total. The summed E-state index contributed by atoms with van der Waals surface area (Å²) in [6.45, 7) is 7.41. The summed E-state index contributed by atoms with van der Waals surface area (Å²) in [6, 6.07) is 8.42. The SMILES string of the molecule is CC(=O)N(CCc1c2c(nc3ccccc13)/C(=C/CCCO)NC2)C(C)C. The van der Waals surface area contributed by atoms with Gasteiger partial charge in [0, 0.05) is 43.6 Å². The summed E-state index contributed by atoms with van der Waals surface area (Å²) in [7, 11) is 0. The fourth-order valence-corrected chi connectivity index (χ4v) is 3.80. The summed E-state index contributed by atoms with van der Waals surface area (Å²) in [4.78, 5) is 18.8. The number of rotatable bonds is 7. The van der Waals surface area contributed by atoms with E-state index in [0.29, 0.717) is 6.54 Å². The number of aliphatic hydroxyl groups is 1. The molecule has 5 nitrogen and oxygen atoms in total. The highest BCUT2D eigenvalue weighted by Gasteiger charge is 2.23. The van der Waals surface area contributed by atoms with Gasteiger partial charge in [0.2, 0.25) is 5.91 Å². The van der Waals surface area contributed by atoms with Crippen molar-refractivity contribution in [3.8, 4) is 0 Å². The lowest BCUT2D eigenvalue weighted by molar-refractivity contribution is -0.130. The highest BCUT2D eigenvalue weighted by molar-refractivity contribution is 5.87. The van der Waals surface area contributed by atoms with Crippen LogP contribution in [0.2, 0.25) is 0 Å². The molecule has 0 aliphatic carbocycles. The van der Waals surface area contributed by atoms with Crippen LogP contribution in [0, 0.1) is 0 Å². The van der Waals surface area contributed by atoms with Crippen LogP contribution in [0.5, 0.6) is 0 Å². The van der Waals surface area contributed by atoms with Crippen molar-refractivity contribution < 1.29 is 9.90 Å². The van der Waals surface area contributed by atoms with Gasteiger partial charge in [0.25, 0.3) is 0 Å². The second kappa shape index (κ2) is 8.53. The quantitative estimate of drug-likeness (QED) is 0.737. The maximum atomic E-state index is 12.0. The summed E-state index contributed by atoms with van der Waals surface area (Å²) in [5, 5.41) is 13.7. The van der Waals surface area contributed by atoms with Crippen LogP contribution < -0.4 is 5.32 Å². The second-order valence-electron chi connectivity index (χ2n) is 7.33. The zero-order valence-electron chi connectivity index (χ0n) is 16.5. The molecule has 2 heterocycles. The Hall–Kier alpha value is -2.40. The number of benzene rings is 1. The number of hydrogen-bond donors (Lipinski definition) is 2. The third-order valence-electron chi connectivity index (χ3n) is 5.16. The van der Waals surface area contributed by atoms with Crippen LogP contribution in [-0.4, -0.2) is 40.1 Å². The van der Waals surface area contributed by atoms with Crippen molar-refractivity contribution >= 4 is 22.5 Å². The minimum Gasteiger partial charge on any atom is -0.396 e. The lowest BCUT2D eigenvalue weighted by atomic mass is 9.98. The highest BCUT2D eigenvalue weighted by atomic mass is 16.2. The normalized spacial score (nSPS) is 14.6. The predicted molar refractivity (Wildman–Crippen MR) is 109 cm³/mol. The molecule has 144 valence electrons. The number of allylic oxidation sites excluding steroid dienone is 1. The Kier molecular flexibility index (Phi) is 6.11. The molecule has 0 spiro atoms. The van der Waals surface area contributed by atoms with E-state index in [0.717, 1.165) is 42.7 Å². The van der Waals surface area contributed by atoms with E-state index >= 15 is 0 Å². The Labute approximate surface area is 161 Å². The zero-order valence-corrected chi connectivity index (χ0v) is 16.5. The first-order valence-electron chi connectivity index (χ1n) is 9.76. The van der Waals surface area contributed by atoms with Crippen molar-refractivity contribution in [2.75, 3.05) is 13.2 Å². The lowest BCUT2D eigenvalue weighted by Crippen LogP contribution is -2.36. The molecule has 27 heavy (non-hydrogen) atoms. The molecule has 0 unspecified atom stereocenters. The van der Waals surface area contributed by atoms with Crippen LogP contribution in [-0.2, 0) is 17.8 Å². The Bertz CT molecular complexity index is 858. The van der Waals surface area contributed by atoms with E-state index in [2.05, 4.69) is 31.3 Å². The summed E-state index contributed by atoms with van der Waals surface area (Å²) in [6.07, 6.45) is 4.52. The Morgan fingerprint density at radius 2 is 2.15 bits per heavy atom. The van der Waals surface area contributed by atoms with Gasteiger partial charge in [-0.25, -0.2) is 4.98 Å². The van der Waals surface area contributed by atoms with Crippen molar-refractivity contribution in [1.29, 1.82) is 0 Å². The molecule has 0 radical (unpaired) electrons. The highest BCUT2D eigenvalue weighted by Crippen LogP contribution is 2.32. The minimum atomic E-state index is 0.114. The van der Waals surface area contributed by atoms with Crippen molar-refractivity contribution in [1.82, 2.24) is 15.2 Å². The van der Waals surface area contributed by atoms with Gasteiger partial charge < -0.3 is 15.3 Å². The van der Waals surface area contributed by atoms with E-state index in [-0.39, 0.29) is 18.6 Å². The van der Waals surface area contributed by atoms with Gasteiger partial charge in [-0.3, -0.25) is 4.79 Å². The van der Waals surface area contributed by atoms with Crippen LogP contribution in [0.3, 0.4) is 0 Å². The van der Waals surface area contributed by atoms with Crippen LogP contribution in [0.1, 0.15) is 50.4 Å². The van der Waals surface area contributed by atoms with Crippen LogP contribution in [0.4, 0.5) is 0 Å². The second-order valence-corrected chi connectivity index (χ2v) is 7.33. The fraction of sp³-hybridized carbons (Fsp3) is 0.455. The van der Waals surface area contributed by atoms with Gasteiger partial charge in [-0.15, -0.1) is 0 Å². The number of fused-ring (bicyclic) bond motifs is 2. The largest absolute Gasteiger partial charge is 0.396 e. The molecule has 1 aliphatic heterocycles. The third kappa shape index (κ3) is 4.14. The molecular formula is C22H29N3O2. The molecule has 2 aromatic rings. The van der Waals surface area contributed by atoms with Crippen LogP contribution in [0.25, 0.3) is 16.6 Å². The molecule has 5 heteroatoms. The van der Waals surface area contributed by atoms with Gasteiger partial charge in [-0.05, 0) is 44.7 Å². The van der Waals surface area contributed by atoms with Gasteiger partial charge in [0.1, 0.15) is 0 Å². The standard InChI is InChI=1S/C22H29N3O2/c1-15(2)25(16(3)27)12-11-17-18-8-4-5-9-20(18)24-22-19(17)14-23-21(22)10-6-7-13-26/h4-5,8-10,15,23,26H,6-7,11-14H2,1-3H3/b21-10-. The number of aromatic nitrogens is 1. The molecule has 0 fully saturated rings. The van der Waals surface area contributed by atoms with Crippen molar-refractivity contribution in [3.63, 3.8) is 0 Å². The number of nitrogens with one attached hydrogen (secondary N) is 1. The molecule has 1 aromatic heterocycles. The van der Waals surface area contributed by atoms with E-state index in [1.165, 1.54) is 16.5 Å². The average Bonchev–Trinajstić information content (AvgIpc) is 3.03. The molecule has 0 bridgehead atoms. The fourth-order valence-electron chi connectivity index (χ4n) is 3.80. The number of aliphatic hydroxyl groups excluding tert-OH is 1. The number of para-hydroxylation sites is 1. The molecule has 1 amide bonds. The number of hydrogen-bond acceptors (Lipinski definition) is 4. The number of carbonyl (C=O) groups excluding carboxylic acids is 1. The molecular weight excluding hydrogens is 338 g/mol. The van der Waals surface area contributed by atoms with Crippen molar-refractivity contribution in [2.24, 2.45) is 0 Å². The smallest absolute Gasteiger partial charge is 0.219 e. The lowest BCUT2D eigenvalue weighted by Gasteiger charge is -2.26. The monoisotopic (exact) mass is 367 g/mol. The first kappa shape index (κ1) is 19.4. The molecule has 3 rings (SSSR count). The maximum Gasteiger partial charge on any atom is 0.219 e. The predicted octanol–water partition coefficient (Wildman–Crippen LogP) is 3.25. The van der Waals surface area contributed by atoms with Crippen LogP contribution in [0.15, 0.2) is 30.3 Å².